The van der Waals surface area contributed by atoms with Crippen molar-refractivity contribution in [1.29, 1.82) is 0 Å². The molecule has 26 heavy (non-hydrogen) atoms. The van der Waals surface area contributed by atoms with Gasteiger partial charge in [0, 0.05) is 29.9 Å². The number of rotatable bonds is 6. The van der Waals surface area contributed by atoms with E-state index in [0.717, 1.165) is 61.8 Å². The summed E-state index contributed by atoms with van der Waals surface area (Å²) in [6.07, 6.45) is 4.28. The Morgan fingerprint density at radius 2 is 2.08 bits per heavy atom. The van der Waals surface area contributed by atoms with Crippen molar-refractivity contribution in [3.8, 4) is 0 Å². The molecule has 1 aliphatic rings. The number of aliphatic imine (C=N–C) groups is 1. The van der Waals surface area contributed by atoms with Crippen LogP contribution in [-0.4, -0.2) is 43.3 Å². The molecule has 2 aromatic rings. The Hall–Kier alpha value is -1.66. The predicted octanol–water partition coefficient (Wildman–Crippen LogP) is 3.96. The number of nitrogens with zero attached hydrogens (tertiary/aromatic N) is 1. The van der Waals surface area contributed by atoms with E-state index in [2.05, 4.69) is 42.9 Å². The topological polar surface area (TPSA) is 58.8 Å². The molecule has 6 heteroatoms. The second kappa shape index (κ2) is 8.82. The number of fused-ring (bicyclic) bond motifs is 1. The number of benzene rings is 1. The highest BCUT2D eigenvalue weighted by atomic mass is 32.2. The van der Waals surface area contributed by atoms with Gasteiger partial charge in [-0.05, 0) is 45.1 Å². The van der Waals surface area contributed by atoms with Gasteiger partial charge in [0.05, 0.1) is 12.6 Å². The molecule has 0 bridgehead atoms. The van der Waals surface area contributed by atoms with Crippen molar-refractivity contribution < 1.29 is 9.15 Å². The molecule has 142 valence electrons. The zero-order valence-electron chi connectivity index (χ0n) is 15.9. The molecule has 0 radical (unpaired) electrons. The lowest BCUT2D eigenvalue weighted by Gasteiger charge is -2.34. The van der Waals surface area contributed by atoms with Crippen LogP contribution in [0.4, 0.5) is 0 Å². The second-order valence-electron chi connectivity index (χ2n) is 6.75. The van der Waals surface area contributed by atoms with Crippen molar-refractivity contribution in [2.75, 3.05) is 32.6 Å². The van der Waals surface area contributed by atoms with Gasteiger partial charge >= 0.3 is 0 Å². The van der Waals surface area contributed by atoms with Crippen molar-refractivity contribution >= 4 is 28.7 Å². The van der Waals surface area contributed by atoms with Crippen molar-refractivity contribution in [2.24, 2.45) is 4.99 Å². The maximum atomic E-state index is 5.98. The van der Waals surface area contributed by atoms with Crippen molar-refractivity contribution in [2.45, 2.75) is 37.5 Å². The molecule has 2 heterocycles. The smallest absolute Gasteiger partial charge is 0.191 e. The minimum Gasteiger partial charge on any atom is -0.459 e. The Bertz CT molecular complexity index is 704. The van der Waals surface area contributed by atoms with Crippen molar-refractivity contribution in [1.82, 2.24) is 10.6 Å². The molecule has 1 fully saturated rings. The van der Waals surface area contributed by atoms with E-state index in [-0.39, 0.29) is 10.8 Å². The Labute approximate surface area is 160 Å². The monoisotopic (exact) mass is 375 g/mol. The zero-order chi connectivity index (χ0) is 18.4. The largest absolute Gasteiger partial charge is 0.459 e. The number of para-hydroxylation sites is 1. The van der Waals surface area contributed by atoms with E-state index in [9.17, 15) is 0 Å². The Morgan fingerprint density at radius 3 is 2.77 bits per heavy atom. The fourth-order valence-corrected chi connectivity index (χ4v) is 3.97. The van der Waals surface area contributed by atoms with Gasteiger partial charge in [0.2, 0.25) is 0 Å². The van der Waals surface area contributed by atoms with Gasteiger partial charge in [-0.15, -0.1) is 0 Å². The van der Waals surface area contributed by atoms with Gasteiger partial charge in [-0.25, -0.2) is 0 Å². The van der Waals surface area contributed by atoms with E-state index in [4.69, 9.17) is 14.1 Å². The lowest BCUT2D eigenvalue weighted by Crippen LogP contribution is -2.41. The normalized spacial score (nSPS) is 18.7. The van der Waals surface area contributed by atoms with Gasteiger partial charge in [-0.3, -0.25) is 4.99 Å². The summed E-state index contributed by atoms with van der Waals surface area (Å²) < 4.78 is 11.7. The number of thioether (sulfide) groups is 1. The maximum Gasteiger partial charge on any atom is 0.191 e. The van der Waals surface area contributed by atoms with Crippen LogP contribution in [-0.2, 0) is 4.74 Å². The van der Waals surface area contributed by atoms with Crippen LogP contribution < -0.4 is 10.6 Å². The Morgan fingerprint density at radius 1 is 1.31 bits per heavy atom. The molecule has 3 rings (SSSR count). The van der Waals surface area contributed by atoms with Crippen LogP contribution in [0.15, 0.2) is 39.7 Å². The Kier molecular flexibility index (Phi) is 6.48. The third kappa shape index (κ3) is 4.54. The molecule has 5 nitrogen and oxygen atoms in total. The van der Waals surface area contributed by atoms with E-state index < -0.39 is 0 Å². The van der Waals surface area contributed by atoms with E-state index in [0.29, 0.717) is 0 Å². The minimum absolute atomic E-state index is 0.0418. The average Bonchev–Trinajstić information content (AvgIpc) is 3.11. The second-order valence-corrected chi connectivity index (χ2v) is 8.02. The maximum absolute atomic E-state index is 5.98. The van der Waals surface area contributed by atoms with Crippen molar-refractivity contribution in [3.05, 3.63) is 36.1 Å². The Balaban J connectivity index is 1.70. The van der Waals surface area contributed by atoms with Crippen LogP contribution in [0.1, 0.15) is 38.5 Å². The summed E-state index contributed by atoms with van der Waals surface area (Å²) in [5.41, 5.74) is 0.918. The first-order valence-electron chi connectivity index (χ1n) is 9.32. The summed E-state index contributed by atoms with van der Waals surface area (Å²) in [6.45, 7) is 7.46. The van der Waals surface area contributed by atoms with E-state index in [1.165, 1.54) is 0 Å². The van der Waals surface area contributed by atoms with Crippen LogP contribution in [0.2, 0.25) is 0 Å². The molecular weight excluding hydrogens is 346 g/mol. The first kappa shape index (κ1) is 19.1. The highest BCUT2D eigenvalue weighted by Gasteiger charge is 2.31. The summed E-state index contributed by atoms with van der Waals surface area (Å²) in [5.74, 6) is 1.75. The van der Waals surface area contributed by atoms with E-state index in [1.807, 2.05) is 30.0 Å². The van der Waals surface area contributed by atoms with Gasteiger partial charge in [-0.2, -0.15) is 11.8 Å². The van der Waals surface area contributed by atoms with Crippen LogP contribution >= 0.6 is 11.8 Å². The molecule has 1 unspecified atom stereocenters. The average molecular weight is 376 g/mol. The van der Waals surface area contributed by atoms with Gasteiger partial charge in [0.1, 0.15) is 11.3 Å². The number of guanidine groups is 1. The SMILES string of the molecule is CCNC(=NCC1(SC)CCOCC1)NC(C)c1cc2ccccc2o1. The van der Waals surface area contributed by atoms with Crippen LogP contribution in [0.5, 0.6) is 0 Å². The van der Waals surface area contributed by atoms with E-state index >= 15 is 0 Å². The van der Waals surface area contributed by atoms with E-state index in [1.54, 1.807) is 0 Å². The van der Waals surface area contributed by atoms with Crippen molar-refractivity contribution in [3.63, 3.8) is 0 Å². The molecule has 2 N–H and O–H groups in total. The summed E-state index contributed by atoms with van der Waals surface area (Å²) in [5, 5.41) is 7.96. The summed E-state index contributed by atoms with van der Waals surface area (Å²) in [4.78, 5) is 4.88. The number of hydrogen-bond donors (Lipinski definition) is 2. The minimum atomic E-state index is 0.0418. The molecular formula is C20H29N3O2S. The number of hydrogen-bond acceptors (Lipinski definition) is 4. The highest BCUT2D eigenvalue weighted by Crippen LogP contribution is 2.34. The standard InChI is InChI=1S/C20H29N3O2S/c1-4-21-19(22-14-20(26-3)9-11-24-12-10-20)23-15(2)18-13-16-7-5-6-8-17(16)25-18/h5-8,13,15H,4,9-12,14H2,1-3H3,(H2,21,22,23). The summed E-state index contributed by atoms with van der Waals surface area (Å²) in [7, 11) is 0. The van der Waals surface area contributed by atoms with Gasteiger partial charge < -0.3 is 19.8 Å². The first-order valence-corrected chi connectivity index (χ1v) is 10.5. The fraction of sp³-hybridized carbons (Fsp3) is 0.550. The van der Waals surface area contributed by atoms with Crippen LogP contribution in [0, 0.1) is 0 Å². The summed E-state index contributed by atoms with van der Waals surface area (Å²) in [6, 6.07) is 10.2. The molecule has 1 aromatic heterocycles. The third-order valence-corrected chi connectivity index (χ3v) is 6.33. The molecule has 0 saturated carbocycles. The molecule has 0 amide bonds. The molecule has 1 atom stereocenters. The molecule has 0 aliphatic carbocycles. The van der Waals surface area contributed by atoms with Gasteiger partial charge in [0.15, 0.2) is 5.96 Å². The fourth-order valence-electron chi connectivity index (χ4n) is 3.21. The zero-order valence-corrected chi connectivity index (χ0v) is 16.7. The highest BCUT2D eigenvalue weighted by molar-refractivity contribution is 8.00. The lowest BCUT2D eigenvalue weighted by atomic mass is 9.99. The van der Waals surface area contributed by atoms with Gasteiger partial charge in [0.25, 0.3) is 0 Å². The molecule has 1 aromatic carbocycles. The molecule has 0 spiro atoms. The van der Waals surface area contributed by atoms with Gasteiger partial charge in [-0.1, -0.05) is 18.2 Å². The number of ether oxygens (including phenoxy) is 1. The lowest BCUT2D eigenvalue weighted by molar-refractivity contribution is 0.0794. The quantitative estimate of drug-likeness (QED) is 0.591. The number of furan rings is 1. The molecule has 1 aliphatic heterocycles. The predicted molar refractivity (Wildman–Crippen MR) is 110 cm³/mol. The molecule has 1 saturated heterocycles. The first-order chi connectivity index (χ1) is 12.7. The van der Waals surface area contributed by atoms with Crippen LogP contribution in [0.25, 0.3) is 11.0 Å². The number of nitrogens with one attached hydrogen (secondary N) is 2. The third-order valence-electron chi connectivity index (χ3n) is 4.93. The summed E-state index contributed by atoms with van der Waals surface area (Å²) >= 11 is 1.91. The van der Waals surface area contributed by atoms with Crippen LogP contribution in [0.3, 0.4) is 0 Å².